The lowest BCUT2D eigenvalue weighted by molar-refractivity contribution is -0.142. The molecule has 0 radical (unpaired) electrons. The van der Waals surface area contributed by atoms with E-state index in [1.165, 1.54) is 0 Å². The van der Waals surface area contributed by atoms with Crippen molar-refractivity contribution in [2.24, 2.45) is 0 Å². The number of oxazole rings is 1. The minimum absolute atomic E-state index is 0.0264. The van der Waals surface area contributed by atoms with Crippen LogP contribution in [0.5, 0.6) is 0 Å². The molecule has 6 heteroatoms. The Morgan fingerprint density at radius 1 is 1.56 bits per heavy atom. The first kappa shape index (κ1) is 10.9. The quantitative estimate of drug-likeness (QED) is 0.887. The van der Waals surface area contributed by atoms with E-state index in [0.717, 1.165) is 0 Å². The predicted octanol–water partition coefficient (Wildman–Crippen LogP) is 2.08. The first-order chi connectivity index (χ1) is 7.65. The zero-order chi connectivity index (χ0) is 11.5. The Morgan fingerprint density at radius 3 is 3.12 bits per heavy atom. The highest BCUT2D eigenvalue weighted by Crippen LogP contribution is 2.20. The summed E-state index contributed by atoms with van der Waals surface area (Å²) in [6, 6.07) is 5.06. The van der Waals surface area contributed by atoms with Crippen LogP contribution in [0.3, 0.4) is 0 Å². The summed E-state index contributed by atoms with van der Waals surface area (Å²) in [5.41, 5.74) is 1.22. The number of nitrogens with zero attached hydrogens (tertiary/aromatic N) is 1. The van der Waals surface area contributed by atoms with Crippen LogP contribution in [0.25, 0.3) is 11.1 Å². The molecule has 1 N–H and O–H groups in total. The van der Waals surface area contributed by atoms with Gasteiger partial charge in [0.15, 0.2) is 5.58 Å². The number of ether oxygens (including phenoxy) is 1. The van der Waals surface area contributed by atoms with Gasteiger partial charge in [-0.05, 0) is 18.2 Å². The minimum atomic E-state index is -1.03. The molecule has 0 spiro atoms. The van der Waals surface area contributed by atoms with E-state index in [4.69, 9.17) is 25.9 Å². The average Bonchev–Trinajstić information content (AvgIpc) is 2.58. The third-order valence-corrected chi connectivity index (χ3v) is 2.08. The molecule has 84 valence electrons. The van der Waals surface area contributed by atoms with Gasteiger partial charge in [0.25, 0.3) is 0 Å². The number of hydrogen-bond donors (Lipinski definition) is 1. The molecule has 0 aliphatic carbocycles. The summed E-state index contributed by atoms with van der Waals surface area (Å²) >= 11 is 5.78. The van der Waals surface area contributed by atoms with Crippen LogP contribution in [-0.4, -0.2) is 22.7 Å². The van der Waals surface area contributed by atoms with Gasteiger partial charge in [0.2, 0.25) is 5.89 Å². The van der Waals surface area contributed by atoms with Crippen LogP contribution in [0, 0.1) is 0 Å². The Bertz CT molecular complexity index is 523. The Hall–Kier alpha value is -1.59. The molecule has 1 heterocycles. The Morgan fingerprint density at radius 2 is 2.38 bits per heavy atom. The molecule has 0 atom stereocenters. The number of carboxylic acid groups (broad SMARTS) is 1. The molecule has 2 aromatic rings. The highest BCUT2D eigenvalue weighted by Gasteiger charge is 2.07. The van der Waals surface area contributed by atoms with Gasteiger partial charge < -0.3 is 14.3 Å². The molecule has 2 rings (SSSR count). The summed E-state index contributed by atoms with van der Waals surface area (Å²) in [6.45, 7) is -0.349. The summed E-state index contributed by atoms with van der Waals surface area (Å²) in [7, 11) is 0. The van der Waals surface area contributed by atoms with Crippen LogP contribution in [0.1, 0.15) is 5.89 Å². The molecule has 0 aliphatic rings. The van der Waals surface area contributed by atoms with Gasteiger partial charge in [0, 0.05) is 5.02 Å². The van der Waals surface area contributed by atoms with Crippen LogP contribution in [0.2, 0.25) is 5.02 Å². The van der Waals surface area contributed by atoms with Gasteiger partial charge in [-0.3, -0.25) is 0 Å². The third-order valence-electron chi connectivity index (χ3n) is 1.84. The summed E-state index contributed by atoms with van der Waals surface area (Å²) in [5.74, 6) is -0.697. The van der Waals surface area contributed by atoms with E-state index >= 15 is 0 Å². The SMILES string of the molecule is O=C(O)COCc1nc2cc(Cl)ccc2o1. The topological polar surface area (TPSA) is 72.6 Å². The number of fused-ring (bicyclic) bond motifs is 1. The predicted molar refractivity (Wildman–Crippen MR) is 56.3 cm³/mol. The van der Waals surface area contributed by atoms with Crippen molar-refractivity contribution < 1.29 is 19.1 Å². The van der Waals surface area contributed by atoms with E-state index in [2.05, 4.69) is 4.98 Å². The van der Waals surface area contributed by atoms with E-state index in [1.54, 1.807) is 18.2 Å². The first-order valence-corrected chi connectivity index (χ1v) is 4.87. The molecule has 0 aliphatic heterocycles. The molecule has 0 saturated carbocycles. The molecule has 16 heavy (non-hydrogen) atoms. The Kier molecular flexibility index (Phi) is 3.07. The van der Waals surface area contributed by atoms with Gasteiger partial charge in [-0.1, -0.05) is 11.6 Å². The maximum absolute atomic E-state index is 10.2. The van der Waals surface area contributed by atoms with Crippen molar-refractivity contribution in [2.45, 2.75) is 6.61 Å². The van der Waals surface area contributed by atoms with Crippen molar-refractivity contribution in [1.82, 2.24) is 4.98 Å². The normalized spacial score (nSPS) is 10.8. The Labute approximate surface area is 95.6 Å². The second-order valence-corrected chi connectivity index (χ2v) is 3.54. The van der Waals surface area contributed by atoms with E-state index in [9.17, 15) is 4.79 Å². The lowest BCUT2D eigenvalue weighted by atomic mass is 10.3. The number of aliphatic carboxylic acids is 1. The van der Waals surface area contributed by atoms with Gasteiger partial charge >= 0.3 is 5.97 Å². The van der Waals surface area contributed by atoms with E-state index in [1.807, 2.05) is 0 Å². The number of benzene rings is 1. The second-order valence-electron chi connectivity index (χ2n) is 3.11. The molecule has 5 nitrogen and oxygen atoms in total. The number of aromatic nitrogens is 1. The monoisotopic (exact) mass is 241 g/mol. The number of halogens is 1. The largest absolute Gasteiger partial charge is 0.480 e. The van der Waals surface area contributed by atoms with Gasteiger partial charge in [-0.25, -0.2) is 9.78 Å². The molecule has 1 aromatic heterocycles. The van der Waals surface area contributed by atoms with Crippen molar-refractivity contribution in [2.75, 3.05) is 6.61 Å². The highest BCUT2D eigenvalue weighted by molar-refractivity contribution is 6.31. The standard InChI is InChI=1S/C10H8ClNO4/c11-6-1-2-8-7(3-6)12-9(16-8)4-15-5-10(13)14/h1-3H,4-5H2,(H,13,14). The third kappa shape index (κ3) is 2.50. The number of rotatable bonds is 4. The van der Waals surface area contributed by atoms with E-state index < -0.39 is 5.97 Å². The van der Waals surface area contributed by atoms with E-state index in [-0.39, 0.29) is 13.2 Å². The van der Waals surface area contributed by atoms with Gasteiger partial charge in [0.05, 0.1) is 0 Å². The van der Waals surface area contributed by atoms with Crippen molar-refractivity contribution >= 4 is 28.7 Å². The summed E-state index contributed by atoms with van der Waals surface area (Å²) in [5, 5.41) is 8.94. The molecule has 0 unspecified atom stereocenters. The van der Waals surface area contributed by atoms with Crippen LogP contribution in [-0.2, 0) is 16.1 Å². The fourth-order valence-electron chi connectivity index (χ4n) is 1.24. The van der Waals surface area contributed by atoms with Crippen molar-refractivity contribution in [1.29, 1.82) is 0 Å². The molecule has 0 saturated heterocycles. The Balaban J connectivity index is 2.10. The van der Waals surface area contributed by atoms with Gasteiger partial charge in [-0.2, -0.15) is 0 Å². The molecule has 0 bridgehead atoms. The number of carbonyl (C=O) groups is 1. The van der Waals surface area contributed by atoms with Crippen molar-refractivity contribution in [3.05, 3.63) is 29.1 Å². The first-order valence-electron chi connectivity index (χ1n) is 4.49. The smallest absolute Gasteiger partial charge is 0.329 e. The van der Waals surface area contributed by atoms with Gasteiger partial charge in [0.1, 0.15) is 18.7 Å². The van der Waals surface area contributed by atoms with Crippen molar-refractivity contribution in [3.63, 3.8) is 0 Å². The summed E-state index contributed by atoms with van der Waals surface area (Å²) in [4.78, 5) is 14.3. The van der Waals surface area contributed by atoms with Crippen LogP contribution < -0.4 is 0 Å². The fraction of sp³-hybridized carbons (Fsp3) is 0.200. The molecular formula is C10H8ClNO4. The zero-order valence-electron chi connectivity index (χ0n) is 8.14. The number of carboxylic acids is 1. The molecule has 1 aromatic carbocycles. The lowest BCUT2D eigenvalue weighted by Crippen LogP contribution is -2.06. The zero-order valence-corrected chi connectivity index (χ0v) is 8.90. The van der Waals surface area contributed by atoms with Crippen LogP contribution >= 0.6 is 11.6 Å². The van der Waals surface area contributed by atoms with Gasteiger partial charge in [-0.15, -0.1) is 0 Å². The average molecular weight is 242 g/mol. The maximum atomic E-state index is 10.2. The number of hydrogen-bond acceptors (Lipinski definition) is 4. The minimum Gasteiger partial charge on any atom is -0.480 e. The lowest BCUT2D eigenvalue weighted by Gasteiger charge is -1.94. The van der Waals surface area contributed by atoms with Crippen LogP contribution in [0.15, 0.2) is 22.6 Å². The summed E-state index contributed by atoms with van der Waals surface area (Å²) < 4.78 is 10.2. The molecular weight excluding hydrogens is 234 g/mol. The molecule has 0 amide bonds. The highest BCUT2D eigenvalue weighted by atomic mass is 35.5. The maximum Gasteiger partial charge on any atom is 0.329 e. The van der Waals surface area contributed by atoms with Crippen molar-refractivity contribution in [3.8, 4) is 0 Å². The summed E-state index contributed by atoms with van der Waals surface area (Å²) in [6.07, 6.45) is 0. The van der Waals surface area contributed by atoms with Crippen LogP contribution in [0.4, 0.5) is 0 Å². The second kappa shape index (κ2) is 4.51. The fourth-order valence-corrected chi connectivity index (χ4v) is 1.40. The van der Waals surface area contributed by atoms with E-state index in [0.29, 0.717) is 22.0 Å². The molecule has 0 fully saturated rings.